The van der Waals surface area contributed by atoms with Crippen LogP contribution in [0.15, 0.2) is 24.3 Å². The molecule has 2 N–H and O–H groups in total. The summed E-state index contributed by atoms with van der Waals surface area (Å²) in [4.78, 5) is 11.1. The number of carbonyl (C=O) groups excluding carboxylic acids is 1. The van der Waals surface area contributed by atoms with Crippen molar-refractivity contribution < 1.29 is 41.0 Å². The zero-order chi connectivity index (χ0) is 19.3. The number of halogens is 6. The number of hydrogen-bond acceptors (Lipinski definition) is 4. The molecule has 0 heterocycles. The molecule has 0 bridgehead atoms. The minimum absolute atomic E-state index is 0.126. The molecule has 0 radical (unpaired) electrons. The maximum absolute atomic E-state index is 12.7. The molecule has 4 nitrogen and oxygen atoms in total. The highest BCUT2D eigenvalue weighted by Crippen LogP contribution is 2.50. The highest BCUT2D eigenvalue weighted by molar-refractivity contribution is 5.69. The lowest BCUT2D eigenvalue weighted by molar-refractivity contribution is -0.376. The summed E-state index contributed by atoms with van der Waals surface area (Å²) in [5.74, 6) is -0.403. The molecule has 25 heavy (non-hydrogen) atoms. The van der Waals surface area contributed by atoms with Gasteiger partial charge in [0.1, 0.15) is 0 Å². The minimum atomic E-state index is -5.92. The first-order valence-corrected chi connectivity index (χ1v) is 7.29. The van der Waals surface area contributed by atoms with Crippen molar-refractivity contribution in [1.82, 2.24) is 0 Å². The number of benzene rings is 1. The van der Waals surface area contributed by atoms with Crippen molar-refractivity contribution in [3.8, 4) is 0 Å². The monoisotopic (exact) mass is 373 g/mol. The zero-order valence-corrected chi connectivity index (χ0v) is 13.2. The van der Waals surface area contributed by atoms with Crippen molar-refractivity contribution in [2.45, 2.75) is 37.7 Å². The lowest BCUT2D eigenvalue weighted by atomic mass is 9.92. The highest BCUT2D eigenvalue weighted by atomic mass is 19.4. The Hall–Kier alpha value is -1.97. The zero-order valence-electron chi connectivity index (χ0n) is 13.2. The average Bonchev–Trinajstić information content (AvgIpc) is 2.49. The second-order valence-electron chi connectivity index (χ2n) is 5.12. The topological polar surface area (TPSA) is 58.6 Å². The molecule has 0 aliphatic heterocycles. The van der Waals surface area contributed by atoms with Crippen molar-refractivity contribution >= 4 is 11.7 Å². The van der Waals surface area contributed by atoms with Crippen LogP contribution in [0.4, 0.5) is 32.0 Å². The smallest absolute Gasteiger partial charge is 0.430 e. The Kier molecular flexibility index (Phi) is 6.69. The third-order valence-corrected chi connectivity index (χ3v) is 3.32. The molecule has 1 rings (SSSR count). The number of nitrogens with one attached hydrogen (secondary N) is 1. The van der Waals surface area contributed by atoms with E-state index in [1.165, 1.54) is 0 Å². The van der Waals surface area contributed by atoms with Gasteiger partial charge in [0.05, 0.1) is 6.61 Å². The fourth-order valence-corrected chi connectivity index (χ4v) is 2.02. The molecule has 10 heteroatoms. The molecule has 1 aromatic carbocycles. The van der Waals surface area contributed by atoms with Gasteiger partial charge in [-0.15, -0.1) is 0 Å². The van der Waals surface area contributed by atoms with E-state index in [9.17, 15) is 36.2 Å². The van der Waals surface area contributed by atoms with Gasteiger partial charge in [-0.05, 0) is 25.5 Å². The molecule has 0 amide bonds. The number of ether oxygens (including phenoxy) is 1. The second-order valence-corrected chi connectivity index (χ2v) is 5.12. The van der Waals surface area contributed by atoms with Gasteiger partial charge in [0, 0.05) is 24.2 Å². The number of esters is 1. The van der Waals surface area contributed by atoms with E-state index in [0.29, 0.717) is 18.6 Å². The van der Waals surface area contributed by atoms with Gasteiger partial charge in [0.25, 0.3) is 5.60 Å². The van der Waals surface area contributed by atoms with Gasteiger partial charge in [-0.25, -0.2) is 0 Å². The summed E-state index contributed by atoms with van der Waals surface area (Å²) in [6.07, 6.45) is -11.3. The molecule has 0 unspecified atom stereocenters. The summed E-state index contributed by atoms with van der Waals surface area (Å²) in [5, 5.41) is 12.0. The minimum Gasteiger partial charge on any atom is -0.466 e. The van der Waals surface area contributed by atoms with E-state index < -0.39 is 29.5 Å². The third kappa shape index (κ3) is 5.00. The summed E-state index contributed by atoms with van der Waals surface area (Å²) in [6, 6.07) is 3.08. The normalized spacial score (nSPS) is 12.8. The summed E-state index contributed by atoms with van der Waals surface area (Å²) in [6.45, 7) is 2.16. The SMILES string of the molecule is CCOC(=O)CCCNc1ccc(C(O)(C(F)(F)F)C(F)(F)F)cc1. The predicted octanol–water partition coefficient (Wildman–Crippen LogP) is 3.75. The Morgan fingerprint density at radius 3 is 2.04 bits per heavy atom. The molecule has 0 saturated carbocycles. The molecule has 142 valence electrons. The number of hydrogen-bond donors (Lipinski definition) is 2. The van der Waals surface area contributed by atoms with Gasteiger partial charge in [-0.3, -0.25) is 4.79 Å². The van der Waals surface area contributed by atoms with Crippen LogP contribution in [0.3, 0.4) is 0 Å². The van der Waals surface area contributed by atoms with E-state index in [0.717, 1.165) is 12.1 Å². The fourth-order valence-electron chi connectivity index (χ4n) is 2.02. The Labute approximate surface area is 139 Å². The van der Waals surface area contributed by atoms with E-state index in [1.54, 1.807) is 6.92 Å². The average molecular weight is 373 g/mol. The van der Waals surface area contributed by atoms with E-state index >= 15 is 0 Å². The molecule has 0 aliphatic rings. The van der Waals surface area contributed by atoms with Gasteiger partial charge >= 0.3 is 18.3 Å². The molecule has 0 atom stereocenters. The number of anilines is 1. The lowest BCUT2D eigenvalue weighted by Gasteiger charge is -2.32. The third-order valence-electron chi connectivity index (χ3n) is 3.32. The fraction of sp³-hybridized carbons (Fsp3) is 0.533. The van der Waals surface area contributed by atoms with Crippen LogP contribution in [0.2, 0.25) is 0 Å². The highest BCUT2D eigenvalue weighted by Gasteiger charge is 2.71. The van der Waals surface area contributed by atoms with Crippen LogP contribution in [-0.2, 0) is 15.1 Å². The standard InChI is InChI=1S/C15H17F6NO3/c1-2-25-12(23)4-3-9-22-11-7-5-10(6-8-11)13(24,14(16,17)18)15(19,20)21/h5-8,22,24H,2-4,9H2,1H3. The Morgan fingerprint density at radius 1 is 1.08 bits per heavy atom. The van der Waals surface area contributed by atoms with Crippen LogP contribution < -0.4 is 5.32 Å². The van der Waals surface area contributed by atoms with E-state index in [4.69, 9.17) is 4.74 Å². The number of aliphatic hydroxyl groups is 1. The Balaban J connectivity index is 2.76. The number of alkyl halides is 6. The maximum Gasteiger partial charge on any atom is 0.430 e. The maximum atomic E-state index is 12.7. The second kappa shape index (κ2) is 7.94. The van der Waals surface area contributed by atoms with Crippen molar-refractivity contribution in [2.75, 3.05) is 18.5 Å². The summed E-state index contributed by atoms with van der Waals surface area (Å²) in [7, 11) is 0. The summed E-state index contributed by atoms with van der Waals surface area (Å²) >= 11 is 0. The van der Waals surface area contributed by atoms with Crippen LogP contribution >= 0.6 is 0 Å². The van der Waals surface area contributed by atoms with Crippen molar-refractivity contribution in [3.05, 3.63) is 29.8 Å². The van der Waals surface area contributed by atoms with Crippen LogP contribution in [0, 0.1) is 0 Å². The van der Waals surface area contributed by atoms with E-state index in [-0.39, 0.29) is 25.3 Å². The van der Waals surface area contributed by atoms with Gasteiger partial charge in [-0.1, -0.05) is 12.1 Å². The van der Waals surface area contributed by atoms with Crippen molar-refractivity contribution in [1.29, 1.82) is 0 Å². The predicted molar refractivity (Wildman–Crippen MR) is 76.8 cm³/mol. The molecular formula is C15H17F6NO3. The molecule has 0 fully saturated rings. The molecule has 0 aromatic heterocycles. The van der Waals surface area contributed by atoms with Crippen LogP contribution in [0.1, 0.15) is 25.3 Å². The molecule has 0 spiro atoms. The van der Waals surface area contributed by atoms with Crippen molar-refractivity contribution in [3.63, 3.8) is 0 Å². The van der Waals surface area contributed by atoms with E-state index in [2.05, 4.69) is 5.32 Å². The summed E-state index contributed by atoms with van der Waals surface area (Å²) in [5.41, 5.74) is -6.02. The first-order valence-electron chi connectivity index (χ1n) is 7.29. The van der Waals surface area contributed by atoms with E-state index in [1.807, 2.05) is 0 Å². The first-order chi connectivity index (χ1) is 11.4. The van der Waals surface area contributed by atoms with Crippen LogP contribution in [-0.4, -0.2) is 36.6 Å². The van der Waals surface area contributed by atoms with Gasteiger partial charge < -0.3 is 15.2 Å². The summed E-state index contributed by atoms with van der Waals surface area (Å²) < 4.78 is 81.2. The largest absolute Gasteiger partial charge is 0.466 e. The molecule has 0 saturated heterocycles. The van der Waals surface area contributed by atoms with Crippen LogP contribution in [0.25, 0.3) is 0 Å². The number of carbonyl (C=O) groups is 1. The van der Waals surface area contributed by atoms with Gasteiger partial charge in [-0.2, -0.15) is 26.3 Å². The Morgan fingerprint density at radius 2 is 1.60 bits per heavy atom. The van der Waals surface area contributed by atoms with Gasteiger partial charge in [0.15, 0.2) is 0 Å². The quantitative estimate of drug-likeness (QED) is 0.434. The Bertz CT molecular complexity index is 554. The van der Waals surface area contributed by atoms with Gasteiger partial charge in [0.2, 0.25) is 0 Å². The molecule has 0 aliphatic carbocycles. The molecule has 1 aromatic rings. The lowest BCUT2D eigenvalue weighted by Crippen LogP contribution is -2.53. The molecular weight excluding hydrogens is 356 g/mol. The van der Waals surface area contributed by atoms with Crippen LogP contribution in [0.5, 0.6) is 0 Å². The first kappa shape index (κ1) is 21.1. The van der Waals surface area contributed by atoms with Crippen molar-refractivity contribution in [2.24, 2.45) is 0 Å². The number of rotatable bonds is 7.